The first-order valence-corrected chi connectivity index (χ1v) is 16.0. The molecule has 2 aliphatic rings. The van der Waals surface area contributed by atoms with Crippen LogP contribution in [0.3, 0.4) is 0 Å². The standard InChI is InChI=1S/C22H19ClO3.C12H15N3O2S/c23-16-11-9-14(10-12-16)13-5-7-15(8-6-13)19-20(24)17-3-1-2-4-18(17)21(25)22(19)26;1-3-6-18-8-4-5-9-10(7-8)14-11(13-9)15-12(16)17-2/h1-4,9-13,15,24H,5-8H2;4-5,7H,3,6H2,1-2H3,(H2,13,14,15,16). The van der Waals surface area contributed by atoms with Crippen LogP contribution in [0.15, 0.2) is 77.2 Å². The molecule has 3 aromatic carbocycles. The Morgan fingerprint density at radius 1 is 1.00 bits per heavy atom. The molecular formula is C34H34ClN3O5S. The SMILES string of the molecule is CCCSc1ccc2nc(NC(=O)OC)[nH]c2c1.O=C1C(=O)c2ccccc2C(O)=C1C1CCC(c2ccc(Cl)cc2)CC1. The summed E-state index contributed by atoms with van der Waals surface area (Å²) in [4.78, 5) is 44.6. The molecule has 4 aromatic rings. The molecule has 1 aromatic heterocycles. The maximum absolute atomic E-state index is 12.6. The lowest BCUT2D eigenvalue weighted by molar-refractivity contribution is -0.112. The molecule has 10 heteroatoms. The second-order valence-corrected chi connectivity index (χ2v) is 12.4. The van der Waals surface area contributed by atoms with Crippen LogP contribution in [0.1, 0.15) is 66.4 Å². The van der Waals surface area contributed by atoms with Crippen molar-refractivity contribution in [2.24, 2.45) is 5.92 Å². The molecule has 1 fully saturated rings. The Balaban J connectivity index is 0.000000187. The van der Waals surface area contributed by atoms with Gasteiger partial charge in [-0.3, -0.25) is 14.9 Å². The van der Waals surface area contributed by atoms with Gasteiger partial charge in [0.25, 0.3) is 0 Å². The first-order chi connectivity index (χ1) is 21.3. The molecule has 6 rings (SSSR count). The van der Waals surface area contributed by atoms with E-state index in [1.165, 1.54) is 17.6 Å². The van der Waals surface area contributed by atoms with Crippen LogP contribution in [0.5, 0.6) is 0 Å². The van der Waals surface area contributed by atoms with Crippen molar-refractivity contribution in [2.75, 3.05) is 18.2 Å². The highest BCUT2D eigenvalue weighted by Crippen LogP contribution is 2.42. The van der Waals surface area contributed by atoms with E-state index in [9.17, 15) is 19.5 Å². The third-order valence-electron chi connectivity index (χ3n) is 7.94. The minimum atomic E-state index is -0.545. The molecular weight excluding hydrogens is 598 g/mol. The molecule has 0 spiro atoms. The number of carbonyl (C=O) groups excluding carboxylic acids is 3. The maximum atomic E-state index is 12.6. The van der Waals surface area contributed by atoms with Crippen molar-refractivity contribution < 1.29 is 24.2 Å². The number of aromatic amines is 1. The Hall–Kier alpha value is -4.08. The number of imidazole rings is 1. The molecule has 1 heterocycles. The quantitative estimate of drug-likeness (QED) is 0.144. The van der Waals surface area contributed by atoms with Crippen molar-refractivity contribution in [3.63, 3.8) is 0 Å². The number of halogens is 1. The molecule has 1 saturated carbocycles. The number of fused-ring (bicyclic) bond motifs is 2. The van der Waals surface area contributed by atoms with Gasteiger partial charge in [0, 0.05) is 26.6 Å². The van der Waals surface area contributed by atoms with E-state index in [1.54, 1.807) is 36.0 Å². The van der Waals surface area contributed by atoms with Crippen molar-refractivity contribution in [1.82, 2.24) is 9.97 Å². The number of methoxy groups -OCH3 is 1. The average molecular weight is 632 g/mol. The summed E-state index contributed by atoms with van der Waals surface area (Å²) in [5, 5.41) is 13.9. The fourth-order valence-electron chi connectivity index (χ4n) is 5.72. The lowest BCUT2D eigenvalue weighted by atomic mass is 9.72. The fourth-order valence-corrected chi connectivity index (χ4v) is 6.65. The predicted octanol–water partition coefficient (Wildman–Crippen LogP) is 8.59. The Morgan fingerprint density at radius 3 is 2.36 bits per heavy atom. The average Bonchev–Trinajstić information content (AvgIpc) is 3.45. The summed E-state index contributed by atoms with van der Waals surface area (Å²) in [6.07, 6.45) is 4.02. The first kappa shape index (κ1) is 31.3. The Morgan fingerprint density at radius 2 is 1.68 bits per heavy atom. The number of allylic oxidation sites excluding steroid dienone is 1. The van der Waals surface area contributed by atoms with Gasteiger partial charge in [-0.05, 0) is 85.6 Å². The Kier molecular flexibility index (Phi) is 10.1. The van der Waals surface area contributed by atoms with Gasteiger partial charge in [-0.2, -0.15) is 0 Å². The Bertz CT molecular complexity index is 1710. The van der Waals surface area contributed by atoms with Gasteiger partial charge >= 0.3 is 6.09 Å². The smallest absolute Gasteiger partial charge is 0.413 e. The number of carbonyl (C=O) groups is 3. The van der Waals surface area contributed by atoms with Gasteiger partial charge in [-0.1, -0.05) is 54.9 Å². The van der Waals surface area contributed by atoms with Crippen LogP contribution in [0, 0.1) is 5.92 Å². The molecule has 3 N–H and O–H groups in total. The van der Waals surface area contributed by atoms with E-state index >= 15 is 0 Å². The Labute approximate surface area is 265 Å². The highest BCUT2D eigenvalue weighted by Gasteiger charge is 2.38. The minimum absolute atomic E-state index is 0.0138. The maximum Gasteiger partial charge on any atom is 0.413 e. The molecule has 8 nitrogen and oxygen atoms in total. The zero-order valence-corrected chi connectivity index (χ0v) is 26.1. The number of hydrogen-bond acceptors (Lipinski definition) is 7. The van der Waals surface area contributed by atoms with E-state index in [0.717, 1.165) is 53.9 Å². The first-order valence-electron chi connectivity index (χ1n) is 14.6. The number of thioether (sulfide) groups is 1. The molecule has 0 radical (unpaired) electrons. The highest BCUT2D eigenvalue weighted by molar-refractivity contribution is 7.99. The second-order valence-electron chi connectivity index (χ2n) is 10.8. The van der Waals surface area contributed by atoms with E-state index in [1.807, 2.05) is 30.3 Å². The van der Waals surface area contributed by atoms with Crippen molar-refractivity contribution in [3.8, 4) is 0 Å². The minimum Gasteiger partial charge on any atom is -0.507 e. The van der Waals surface area contributed by atoms with E-state index in [2.05, 4.69) is 39.1 Å². The number of nitrogens with one attached hydrogen (secondary N) is 2. The number of ether oxygens (including phenoxy) is 1. The van der Waals surface area contributed by atoms with Crippen LogP contribution in [0.2, 0.25) is 5.02 Å². The number of anilines is 1. The monoisotopic (exact) mass is 631 g/mol. The van der Waals surface area contributed by atoms with Gasteiger partial charge in [0.2, 0.25) is 17.5 Å². The van der Waals surface area contributed by atoms with Gasteiger partial charge in [0.1, 0.15) is 5.76 Å². The topological polar surface area (TPSA) is 121 Å². The summed E-state index contributed by atoms with van der Waals surface area (Å²) in [5.74, 6) is 0.780. The number of H-pyrrole nitrogens is 1. The second kappa shape index (κ2) is 14.1. The summed E-state index contributed by atoms with van der Waals surface area (Å²) in [6, 6.07) is 20.7. The van der Waals surface area contributed by atoms with Crippen molar-refractivity contribution in [3.05, 3.63) is 94.0 Å². The molecule has 0 atom stereocenters. The lowest BCUT2D eigenvalue weighted by Crippen LogP contribution is -2.29. The van der Waals surface area contributed by atoms with Crippen molar-refractivity contribution >= 4 is 63.8 Å². The zero-order chi connectivity index (χ0) is 31.2. The summed E-state index contributed by atoms with van der Waals surface area (Å²) in [6.45, 7) is 2.15. The number of hydrogen-bond donors (Lipinski definition) is 3. The third kappa shape index (κ3) is 7.00. The number of rotatable bonds is 6. The van der Waals surface area contributed by atoms with Crippen molar-refractivity contribution in [1.29, 1.82) is 0 Å². The summed E-state index contributed by atoms with van der Waals surface area (Å²) in [7, 11) is 1.32. The number of aliphatic hydroxyl groups is 1. The highest BCUT2D eigenvalue weighted by atomic mass is 35.5. The van der Waals surface area contributed by atoms with Crippen LogP contribution in [0.25, 0.3) is 16.8 Å². The lowest BCUT2D eigenvalue weighted by Gasteiger charge is -2.31. The summed E-state index contributed by atoms with van der Waals surface area (Å²) >= 11 is 7.76. The number of Topliss-reactive ketones (excluding diaryl/α,β-unsaturated/α-hetero) is 2. The van der Waals surface area contributed by atoms with Gasteiger partial charge in [-0.15, -0.1) is 11.8 Å². The molecule has 0 aliphatic heterocycles. The molecule has 0 bridgehead atoms. The zero-order valence-electron chi connectivity index (χ0n) is 24.6. The van der Waals surface area contributed by atoms with Crippen LogP contribution in [-0.4, -0.2) is 45.6 Å². The van der Waals surface area contributed by atoms with Crippen LogP contribution in [-0.2, 0) is 9.53 Å². The molecule has 0 saturated heterocycles. The fraction of sp³-hybridized carbons (Fsp3) is 0.294. The summed E-state index contributed by atoms with van der Waals surface area (Å²) < 4.78 is 4.51. The van der Waals surface area contributed by atoms with Crippen LogP contribution < -0.4 is 5.32 Å². The van der Waals surface area contributed by atoms with E-state index in [0.29, 0.717) is 28.6 Å². The third-order valence-corrected chi connectivity index (χ3v) is 9.39. The number of aliphatic hydroxyl groups excluding tert-OH is 1. The van der Waals surface area contributed by atoms with Crippen LogP contribution >= 0.6 is 23.4 Å². The summed E-state index contributed by atoms with van der Waals surface area (Å²) in [5.41, 5.74) is 4.07. The van der Waals surface area contributed by atoms with Crippen LogP contribution in [0.4, 0.5) is 10.7 Å². The normalized spacial score (nSPS) is 18.0. The molecule has 2 aliphatic carbocycles. The van der Waals surface area contributed by atoms with Gasteiger partial charge in [0.05, 0.1) is 18.1 Å². The number of benzene rings is 3. The predicted molar refractivity (Wildman–Crippen MR) is 175 cm³/mol. The van der Waals surface area contributed by atoms with Gasteiger partial charge < -0.3 is 14.8 Å². The number of ketones is 2. The van der Waals surface area contributed by atoms with E-state index in [4.69, 9.17) is 11.6 Å². The number of amides is 1. The number of nitrogens with zero attached hydrogens (tertiary/aromatic N) is 1. The largest absolute Gasteiger partial charge is 0.507 e. The number of aromatic nitrogens is 2. The van der Waals surface area contributed by atoms with Gasteiger partial charge in [-0.25, -0.2) is 9.78 Å². The molecule has 228 valence electrons. The van der Waals surface area contributed by atoms with E-state index < -0.39 is 17.7 Å². The molecule has 1 amide bonds. The molecule has 44 heavy (non-hydrogen) atoms. The van der Waals surface area contributed by atoms with Crippen molar-refractivity contribution in [2.45, 2.75) is 49.8 Å². The van der Waals surface area contributed by atoms with E-state index in [-0.39, 0.29) is 11.7 Å². The van der Waals surface area contributed by atoms with Gasteiger partial charge in [0.15, 0.2) is 0 Å². The molecule has 0 unspecified atom stereocenters.